The molecular weight excluding hydrogens is 332 g/mol. The zero-order chi connectivity index (χ0) is 18.7. The minimum absolute atomic E-state index is 0.251. The van der Waals surface area contributed by atoms with Crippen molar-refractivity contribution in [2.75, 3.05) is 18.1 Å². The summed E-state index contributed by atoms with van der Waals surface area (Å²) in [6, 6.07) is 3.56. The molecule has 26 heavy (non-hydrogen) atoms. The van der Waals surface area contributed by atoms with Crippen LogP contribution in [0.3, 0.4) is 0 Å². The van der Waals surface area contributed by atoms with Crippen molar-refractivity contribution in [3.05, 3.63) is 41.9 Å². The molecule has 0 spiro atoms. The van der Waals surface area contributed by atoms with Gasteiger partial charge in [-0.15, -0.1) is 0 Å². The number of hydrogen-bond donors (Lipinski definition) is 2. The molecule has 0 saturated carbocycles. The minimum Gasteiger partial charge on any atom is -0.388 e. The zero-order valence-corrected chi connectivity index (χ0v) is 15.1. The van der Waals surface area contributed by atoms with Gasteiger partial charge in [0.2, 0.25) is 0 Å². The molecule has 0 atom stereocenters. The predicted molar refractivity (Wildman–Crippen MR) is 98.7 cm³/mol. The largest absolute Gasteiger partial charge is 0.388 e. The Morgan fingerprint density at radius 1 is 1.31 bits per heavy atom. The lowest BCUT2D eigenvalue weighted by Crippen LogP contribution is -2.40. The predicted octanol–water partition coefficient (Wildman–Crippen LogP) is 2.26. The summed E-state index contributed by atoms with van der Waals surface area (Å²) >= 11 is 0. The topological polar surface area (TPSA) is 102 Å². The first-order chi connectivity index (χ1) is 12.3. The Hall–Kier alpha value is -2.51. The number of aliphatic hydroxyl groups is 1. The number of anilines is 1. The molecule has 0 saturated heterocycles. The molecule has 1 aliphatic rings. The van der Waals surface area contributed by atoms with Crippen LogP contribution in [0, 0.1) is 0 Å². The van der Waals surface area contributed by atoms with E-state index in [-0.39, 0.29) is 6.61 Å². The first-order valence-corrected chi connectivity index (χ1v) is 8.64. The molecule has 0 aromatic carbocycles. The van der Waals surface area contributed by atoms with Crippen LogP contribution in [0.4, 0.5) is 10.6 Å². The van der Waals surface area contributed by atoms with Crippen molar-refractivity contribution >= 4 is 11.8 Å². The fraction of sp³-hybridized carbons (Fsp3) is 0.421. The fourth-order valence-corrected chi connectivity index (χ4v) is 2.98. The lowest BCUT2D eigenvalue weighted by molar-refractivity contribution is -0.0269. The van der Waals surface area contributed by atoms with Crippen LogP contribution in [0.2, 0.25) is 0 Å². The summed E-state index contributed by atoms with van der Waals surface area (Å²) in [7, 11) is 0. The van der Waals surface area contributed by atoms with Gasteiger partial charge in [0.1, 0.15) is 5.82 Å². The van der Waals surface area contributed by atoms with E-state index in [4.69, 9.17) is 10.5 Å². The van der Waals surface area contributed by atoms with Crippen molar-refractivity contribution in [3.8, 4) is 11.1 Å². The summed E-state index contributed by atoms with van der Waals surface area (Å²) < 4.78 is 5.54. The summed E-state index contributed by atoms with van der Waals surface area (Å²) in [5.41, 5.74) is 8.37. The van der Waals surface area contributed by atoms with Crippen LogP contribution in [-0.4, -0.2) is 39.9 Å². The molecule has 0 fully saturated rings. The Morgan fingerprint density at radius 3 is 2.81 bits per heavy atom. The highest BCUT2D eigenvalue weighted by atomic mass is 16.5. The number of aromatic nitrogens is 2. The van der Waals surface area contributed by atoms with Crippen molar-refractivity contribution in [1.29, 1.82) is 0 Å². The van der Waals surface area contributed by atoms with E-state index in [0.717, 1.165) is 35.1 Å². The Labute approximate surface area is 152 Å². The number of urea groups is 1. The Kier molecular flexibility index (Phi) is 5.20. The molecule has 0 unspecified atom stereocenters. The molecule has 0 bridgehead atoms. The Bertz CT molecular complexity index is 802. The van der Waals surface area contributed by atoms with Crippen LogP contribution in [0.15, 0.2) is 30.7 Å². The highest BCUT2D eigenvalue weighted by Gasteiger charge is 2.22. The average molecular weight is 356 g/mol. The van der Waals surface area contributed by atoms with E-state index in [2.05, 4.69) is 9.97 Å². The van der Waals surface area contributed by atoms with Crippen molar-refractivity contribution in [2.24, 2.45) is 5.73 Å². The van der Waals surface area contributed by atoms with Gasteiger partial charge in [-0.05, 0) is 49.9 Å². The van der Waals surface area contributed by atoms with Gasteiger partial charge >= 0.3 is 6.03 Å². The average Bonchev–Trinajstić information content (AvgIpc) is 2.60. The second-order valence-corrected chi connectivity index (χ2v) is 7.19. The van der Waals surface area contributed by atoms with Gasteiger partial charge in [0, 0.05) is 36.3 Å². The van der Waals surface area contributed by atoms with Gasteiger partial charge in [-0.25, -0.2) is 9.78 Å². The summed E-state index contributed by atoms with van der Waals surface area (Å²) in [4.78, 5) is 21.8. The third-order valence-electron chi connectivity index (χ3n) is 4.14. The smallest absolute Gasteiger partial charge is 0.320 e. The van der Waals surface area contributed by atoms with E-state index in [1.165, 1.54) is 4.90 Å². The van der Waals surface area contributed by atoms with Gasteiger partial charge in [-0.2, -0.15) is 0 Å². The van der Waals surface area contributed by atoms with Crippen molar-refractivity contribution in [3.63, 3.8) is 0 Å². The maximum absolute atomic E-state index is 11.6. The highest BCUT2D eigenvalue weighted by molar-refractivity contribution is 5.91. The van der Waals surface area contributed by atoms with E-state index >= 15 is 0 Å². The van der Waals surface area contributed by atoms with Gasteiger partial charge in [0.15, 0.2) is 0 Å². The Morgan fingerprint density at radius 2 is 2.08 bits per heavy atom. The maximum atomic E-state index is 11.6. The van der Waals surface area contributed by atoms with Crippen LogP contribution >= 0.6 is 0 Å². The SMILES string of the molecule is CC(C)(O)COCc1cncc(-c2cnc3c(c2)CCCN3C(N)=O)c1. The van der Waals surface area contributed by atoms with Crippen LogP contribution in [0.5, 0.6) is 0 Å². The molecule has 7 heteroatoms. The number of nitrogens with zero attached hydrogens (tertiary/aromatic N) is 3. The molecule has 7 nitrogen and oxygen atoms in total. The first kappa shape index (κ1) is 18.3. The van der Waals surface area contributed by atoms with Gasteiger partial charge in [-0.1, -0.05) is 0 Å². The Balaban J connectivity index is 1.79. The molecule has 2 amide bonds. The second-order valence-electron chi connectivity index (χ2n) is 7.19. The molecular formula is C19H24N4O3. The molecule has 0 radical (unpaired) electrons. The molecule has 3 heterocycles. The lowest BCUT2D eigenvalue weighted by Gasteiger charge is -2.26. The monoisotopic (exact) mass is 356 g/mol. The number of rotatable bonds is 5. The highest BCUT2D eigenvalue weighted by Crippen LogP contribution is 2.29. The van der Waals surface area contributed by atoms with E-state index in [1.54, 1.807) is 32.4 Å². The fourth-order valence-electron chi connectivity index (χ4n) is 2.98. The van der Waals surface area contributed by atoms with E-state index < -0.39 is 11.6 Å². The summed E-state index contributed by atoms with van der Waals surface area (Å²) in [5.74, 6) is 0.644. The molecule has 2 aromatic heterocycles. The third kappa shape index (κ3) is 4.36. The maximum Gasteiger partial charge on any atom is 0.320 e. The number of hydrogen-bond acceptors (Lipinski definition) is 5. The number of fused-ring (bicyclic) bond motifs is 1. The van der Waals surface area contributed by atoms with Gasteiger partial charge < -0.3 is 15.6 Å². The number of pyridine rings is 2. The van der Waals surface area contributed by atoms with Gasteiger partial charge in [0.25, 0.3) is 0 Å². The van der Waals surface area contributed by atoms with Gasteiger partial charge in [0.05, 0.1) is 18.8 Å². The minimum atomic E-state index is -0.861. The number of primary amides is 1. The van der Waals surface area contributed by atoms with Crippen molar-refractivity contribution in [1.82, 2.24) is 9.97 Å². The number of aryl methyl sites for hydroxylation is 1. The molecule has 0 aliphatic carbocycles. The summed E-state index contributed by atoms with van der Waals surface area (Å²) in [5, 5.41) is 9.72. The lowest BCUT2D eigenvalue weighted by atomic mass is 10.0. The van der Waals surface area contributed by atoms with Crippen LogP contribution in [0.25, 0.3) is 11.1 Å². The zero-order valence-electron chi connectivity index (χ0n) is 15.1. The second kappa shape index (κ2) is 7.39. The third-order valence-corrected chi connectivity index (χ3v) is 4.14. The molecule has 138 valence electrons. The number of amides is 2. The van der Waals surface area contributed by atoms with Gasteiger partial charge in [-0.3, -0.25) is 9.88 Å². The van der Waals surface area contributed by atoms with Crippen LogP contribution < -0.4 is 10.6 Å². The number of carbonyl (C=O) groups excluding carboxylic acids is 1. The number of nitrogens with two attached hydrogens (primary N) is 1. The standard InChI is InChI=1S/C19H24N4O3/c1-19(2,25)12-26-11-13-6-15(9-21-8-13)16-7-14-4-3-5-23(18(20)24)17(14)22-10-16/h6-10,25H,3-5,11-12H2,1-2H3,(H2,20,24). The van der Waals surface area contributed by atoms with Crippen LogP contribution in [-0.2, 0) is 17.8 Å². The van der Waals surface area contributed by atoms with E-state index in [1.807, 2.05) is 12.1 Å². The molecule has 3 rings (SSSR count). The van der Waals surface area contributed by atoms with E-state index in [9.17, 15) is 9.90 Å². The molecule has 2 aromatic rings. The molecule has 3 N–H and O–H groups in total. The summed E-state index contributed by atoms with van der Waals surface area (Å²) in [6.07, 6.45) is 6.98. The number of ether oxygens (including phenoxy) is 1. The normalized spacial score (nSPS) is 14.2. The van der Waals surface area contributed by atoms with E-state index in [0.29, 0.717) is 19.0 Å². The number of carbonyl (C=O) groups is 1. The van der Waals surface area contributed by atoms with Crippen LogP contribution in [0.1, 0.15) is 31.4 Å². The van der Waals surface area contributed by atoms with Crippen molar-refractivity contribution < 1.29 is 14.6 Å². The van der Waals surface area contributed by atoms with Crippen molar-refractivity contribution in [2.45, 2.75) is 38.9 Å². The quantitative estimate of drug-likeness (QED) is 0.856. The summed E-state index contributed by atoms with van der Waals surface area (Å²) in [6.45, 7) is 4.63. The first-order valence-electron chi connectivity index (χ1n) is 8.64. The molecule has 1 aliphatic heterocycles.